The summed E-state index contributed by atoms with van der Waals surface area (Å²) >= 11 is 0. The van der Waals surface area contributed by atoms with E-state index in [-0.39, 0.29) is 35.9 Å². The number of hydrogen-bond acceptors (Lipinski definition) is 9. The van der Waals surface area contributed by atoms with Gasteiger partial charge in [-0.05, 0) is 42.8 Å². The van der Waals surface area contributed by atoms with Crippen molar-refractivity contribution in [3.8, 4) is 11.9 Å². The Bertz CT molecular complexity index is 1750. The van der Waals surface area contributed by atoms with E-state index >= 15 is 0 Å². The molecule has 0 unspecified atom stereocenters. The quantitative estimate of drug-likeness (QED) is 0.306. The third-order valence-electron chi connectivity index (χ3n) is 8.68. The van der Waals surface area contributed by atoms with Crippen LogP contribution in [0.25, 0.3) is 11.0 Å². The molecule has 7 rings (SSSR count). The Kier molecular flexibility index (Phi) is 7.59. The zero-order chi connectivity index (χ0) is 30.2. The van der Waals surface area contributed by atoms with Crippen LogP contribution in [0.15, 0.2) is 54.6 Å². The lowest BCUT2D eigenvalue weighted by molar-refractivity contribution is -0.0592. The summed E-state index contributed by atoms with van der Waals surface area (Å²) in [5.41, 5.74) is 2.41. The smallest absolute Gasteiger partial charge is 0.335 e. The molecule has 2 aromatic carbocycles. The maximum absolute atomic E-state index is 14.4. The zero-order valence-corrected chi connectivity index (χ0v) is 23.9. The largest absolute Gasteiger partial charge is 0.478 e. The molecule has 44 heavy (non-hydrogen) atoms. The Balaban J connectivity index is 1.08. The molecule has 0 bridgehead atoms. The number of rotatable bonds is 9. The van der Waals surface area contributed by atoms with Gasteiger partial charge in [0.2, 0.25) is 5.88 Å². The van der Waals surface area contributed by atoms with E-state index < -0.39 is 11.8 Å². The Hall–Kier alpha value is -4.57. The van der Waals surface area contributed by atoms with Crippen molar-refractivity contribution in [2.45, 2.75) is 44.3 Å². The fraction of sp³-hybridized carbons (Fsp3) is 0.375. The topological polar surface area (TPSA) is 126 Å². The lowest BCUT2D eigenvalue weighted by Crippen LogP contribution is -2.59. The third kappa shape index (κ3) is 5.45. The molecule has 12 heteroatoms. The van der Waals surface area contributed by atoms with E-state index in [0.717, 1.165) is 42.2 Å². The molecule has 5 heterocycles. The maximum Gasteiger partial charge on any atom is 0.335 e. The minimum Gasteiger partial charge on any atom is -0.478 e. The number of piperazine rings is 1. The molecule has 3 aliphatic heterocycles. The number of anilines is 1. The zero-order valence-electron chi connectivity index (χ0n) is 23.9. The number of fused-ring (bicyclic) bond motifs is 2. The van der Waals surface area contributed by atoms with Crippen molar-refractivity contribution in [2.75, 3.05) is 37.8 Å². The number of nitriles is 1. The van der Waals surface area contributed by atoms with Gasteiger partial charge in [0.05, 0.1) is 72.7 Å². The van der Waals surface area contributed by atoms with Crippen molar-refractivity contribution < 1.29 is 28.5 Å². The van der Waals surface area contributed by atoms with E-state index in [0.29, 0.717) is 44.3 Å². The monoisotopic (exact) mass is 598 g/mol. The second-order valence-electron chi connectivity index (χ2n) is 11.3. The fourth-order valence-corrected chi connectivity index (χ4v) is 6.20. The molecule has 3 aliphatic rings. The molecule has 0 saturated carbocycles. The number of carboxylic acids is 1. The Morgan fingerprint density at radius 3 is 2.75 bits per heavy atom. The number of halogens is 1. The van der Waals surface area contributed by atoms with Crippen molar-refractivity contribution in [1.82, 2.24) is 19.4 Å². The van der Waals surface area contributed by atoms with E-state index in [1.165, 1.54) is 6.07 Å². The molecule has 2 aromatic heterocycles. The van der Waals surface area contributed by atoms with E-state index in [9.17, 15) is 14.3 Å². The molecule has 3 saturated heterocycles. The van der Waals surface area contributed by atoms with Crippen LogP contribution in [0.1, 0.15) is 33.7 Å². The van der Waals surface area contributed by atoms with Gasteiger partial charge in [-0.25, -0.2) is 14.2 Å². The van der Waals surface area contributed by atoms with Crippen molar-refractivity contribution in [2.24, 2.45) is 0 Å². The maximum atomic E-state index is 14.4. The van der Waals surface area contributed by atoms with E-state index in [1.54, 1.807) is 36.4 Å². The van der Waals surface area contributed by atoms with Gasteiger partial charge in [0.1, 0.15) is 24.1 Å². The normalized spacial score (nSPS) is 21.5. The molecule has 3 fully saturated rings. The van der Waals surface area contributed by atoms with Crippen LogP contribution < -0.4 is 9.64 Å². The number of carboxylic acid groups (broad SMARTS) is 1. The average Bonchev–Trinajstić information content (AvgIpc) is 3.63. The van der Waals surface area contributed by atoms with Crippen LogP contribution in [0.4, 0.5) is 10.2 Å². The summed E-state index contributed by atoms with van der Waals surface area (Å²) < 4.78 is 34.0. The average molecular weight is 599 g/mol. The van der Waals surface area contributed by atoms with Gasteiger partial charge in [0, 0.05) is 31.3 Å². The van der Waals surface area contributed by atoms with Crippen LogP contribution in [0.3, 0.4) is 0 Å². The second-order valence-corrected chi connectivity index (χ2v) is 11.3. The molecular formula is C32H31FN6O5. The van der Waals surface area contributed by atoms with Gasteiger partial charge >= 0.3 is 5.97 Å². The van der Waals surface area contributed by atoms with Crippen LogP contribution in [-0.2, 0) is 29.2 Å². The SMILES string of the molecule is N#Cc1ccc(COc2cccc(N3CCN(Cc4nc5ccc(C(=O)O)cc5n4C[C@@H]4CCO4)[C@@H]4COC[C@@H]43)n2)c(F)c1. The first kappa shape index (κ1) is 28.2. The molecule has 0 aliphatic carbocycles. The lowest BCUT2D eigenvalue weighted by Gasteiger charge is -2.44. The van der Waals surface area contributed by atoms with Crippen molar-refractivity contribution >= 4 is 22.8 Å². The van der Waals surface area contributed by atoms with Gasteiger partial charge in [-0.15, -0.1) is 0 Å². The highest BCUT2D eigenvalue weighted by Crippen LogP contribution is 2.31. The highest BCUT2D eigenvalue weighted by atomic mass is 19.1. The predicted octanol–water partition coefficient (Wildman–Crippen LogP) is 3.60. The fourth-order valence-electron chi connectivity index (χ4n) is 6.20. The first-order chi connectivity index (χ1) is 21.5. The summed E-state index contributed by atoms with van der Waals surface area (Å²) in [6.45, 7) is 4.54. The summed E-state index contributed by atoms with van der Waals surface area (Å²) in [4.78, 5) is 26.0. The van der Waals surface area contributed by atoms with Gasteiger partial charge < -0.3 is 28.8 Å². The van der Waals surface area contributed by atoms with Crippen LogP contribution in [0.2, 0.25) is 0 Å². The highest BCUT2D eigenvalue weighted by Gasteiger charge is 2.42. The van der Waals surface area contributed by atoms with Gasteiger partial charge in [-0.1, -0.05) is 12.1 Å². The van der Waals surface area contributed by atoms with Crippen LogP contribution >= 0.6 is 0 Å². The minimum atomic E-state index is -0.965. The number of benzene rings is 2. The van der Waals surface area contributed by atoms with E-state index in [2.05, 4.69) is 14.4 Å². The molecular weight excluding hydrogens is 567 g/mol. The minimum absolute atomic E-state index is 0.00219. The number of nitrogens with zero attached hydrogens (tertiary/aromatic N) is 6. The van der Waals surface area contributed by atoms with Gasteiger partial charge in [0.15, 0.2) is 0 Å². The van der Waals surface area contributed by atoms with Crippen molar-refractivity contribution in [3.63, 3.8) is 0 Å². The first-order valence-corrected chi connectivity index (χ1v) is 14.7. The van der Waals surface area contributed by atoms with Crippen molar-refractivity contribution in [3.05, 3.63) is 82.9 Å². The Morgan fingerprint density at radius 1 is 1.11 bits per heavy atom. The molecule has 4 aromatic rings. The number of aromatic nitrogens is 3. The summed E-state index contributed by atoms with van der Waals surface area (Å²) in [6.07, 6.45) is 1.06. The van der Waals surface area contributed by atoms with Crippen LogP contribution in [0.5, 0.6) is 5.88 Å². The Labute approximate surface area is 253 Å². The van der Waals surface area contributed by atoms with Gasteiger partial charge in [0.25, 0.3) is 0 Å². The molecule has 11 nitrogen and oxygen atoms in total. The summed E-state index contributed by atoms with van der Waals surface area (Å²) in [5, 5.41) is 18.6. The summed E-state index contributed by atoms with van der Waals surface area (Å²) in [5.74, 6) is 0.571. The third-order valence-corrected chi connectivity index (χ3v) is 8.68. The van der Waals surface area contributed by atoms with Crippen LogP contribution in [-0.4, -0.2) is 81.6 Å². The molecule has 0 amide bonds. The first-order valence-electron chi connectivity index (χ1n) is 14.7. The van der Waals surface area contributed by atoms with Crippen molar-refractivity contribution in [1.29, 1.82) is 5.26 Å². The number of aromatic carboxylic acids is 1. The number of ether oxygens (including phenoxy) is 3. The molecule has 0 radical (unpaired) electrons. The lowest BCUT2D eigenvalue weighted by atomic mass is 10.0. The number of imidazole rings is 1. The molecule has 1 N–H and O–H groups in total. The molecule has 3 atom stereocenters. The summed E-state index contributed by atoms with van der Waals surface area (Å²) in [6, 6.07) is 17.0. The predicted molar refractivity (Wildman–Crippen MR) is 157 cm³/mol. The molecule has 0 spiro atoms. The number of hydrogen-bond donors (Lipinski definition) is 1. The van der Waals surface area contributed by atoms with E-state index in [4.69, 9.17) is 29.4 Å². The number of pyridine rings is 1. The summed E-state index contributed by atoms with van der Waals surface area (Å²) in [7, 11) is 0. The highest BCUT2D eigenvalue weighted by molar-refractivity contribution is 5.92. The van der Waals surface area contributed by atoms with Gasteiger partial charge in [-0.2, -0.15) is 10.2 Å². The standard InChI is InChI=1S/C32H31FN6O5/c33-24-12-20(14-34)4-5-22(24)17-44-31-3-1-2-29(36-31)38-10-9-37(27-18-42-19-28(27)38)16-30-35-25-7-6-21(32(40)41)13-26(25)39(30)15-23-8-11-43-23/h1-7,12-13,23,27-28H,8-11,15-19H2,(H,40,41)/t23-,27+,28-/m0/s1. The second kappa shape index (κ2) is 11.8. The number of carbonyl (C=O) groups is 1. The van der Waals surface area contributed by atoms with Crippen LogP contribution in [0, 0.1) is 17.1 Å². The molecule has 226 valence electrons. The van der Waals surface area contributed by atoms with Gasteiger partial charge in [-0.3, -0.25) is 4.90 Å². The van der Waals surface area contributed by atoms with E-state index in [1.807, 2.05) is 18.2 Å². The Morgan fingerprint density at radius 2 is 1.98 bits per heavy atom.